The molecule has 0 aliphatic heterocycles. The highest BCUT2D eigenvalue weighted by molar-refractivity contribution is 5.99. The van der Waals surface area contributed by atoms with Gasteiger partial charge in [-0.15, -0.1) is 0 Å². The number of hydrogen-bond donors (Lipinski definition) is 0. The highest BCUT2D eigenvalue weighted by atomic mass is 16.5. The Morgan fingerprint density at radius 2 is 1.06 bits per heavy atom. The lowest BCUT2D eigenvalue weighted by Crippen LogP contribution is -2.36. The predicted molar refractivity (Wildman–Crippen MR) is 130 cm³/mol. The van der Waals surface area contributed by atoms with Gasteiger partial charge in [0.2, 0.25) is 0 Å². The van der Waals surface area contributed by atoms with Gasteiger partial charge in [0.05, 0.1) is 11.8 Å². The van der Waals surface area contributed by atoms with E-state index in [1.54, 1.807) is 24.3 Å². The number of fused-ring (bicyclic) bond motifs is 2. The fraction of sp³-hybridized carbons (Fsp3) is 0.379. The normalized spacial score (nSPS) is 22.2. The van der Waals surface area contributed by atoms with Gasteiger partial charge < -0.3 is 9.47 Å². The Hall–Kier alpha value is -3.54. The van der Waals surface area contributed by atoms with Crippen LogP contribution in [0.25, 0.3) is 0 Å². The molecule has 0 amide bonds. The largest absolute Gasteiger partial charge is 0.457 e. The minimum Gasteiger partial charge on any atom is -0.457 e. The molecule has 6 heteroatoms. The summed E-state index contributed by atoms with van der Waals surface area (Å²) in [4.78, 5) is 51.0. The second-order valence-electron chi connectivity index (χ2n) is 9.66. The van der Waals surface area contributed by atoms with Crippen molar-refractivity contribution in [1.82, 2.24) is 0 Å². The van der Waals surface area contributed by atoms with Crippen LogP contribution < -0.4 is 0 Å². The van der Waals surface area contributed by atoms with Crippen LogP contribution in [-0.4, -0.2) is 36.7 Å². The Bertz CT molecular complexity index is 1130. The average molecular weight is 475 g/mol. The number of ketones is 2. The maximum atomic E-state index is 13.0. The Morgan fingerprint density at radius 3 is 1.43 bits per heavy atom. The molecule has 0 heterocycles. The van der Waals surface area contributed by atoms with Crippen LogP contribution in [0, 0.1) is 51.4 Å². The molecule has 1 saturated carbocycles. The fourth-order valence-corrected chi connectivity index (χ4v) is 4.93. The number of esters is 2. The summed E-state index contributed by atoms with van der Waals surface area (Å²) in [7, 11) is 0. The first-order chi connectivity index (χ1) is 16.7. The number of aryl methyl sites for hydroxylation is 4. The van der Waals surface area contributed by atoms with Crippen molar-refractivity contribution in [2.24, 2.45) is 23.7 Å². The van der Waals surface area contributed by atoms with Crippen LogP contribution in [0.15, 0.2) is 48.6 Å². The van der Waals surface area contributed by atoms with E-state index in [0.29, 0.717) is 17.5 Å². The molecule has 4 rings (SSSR count). The SMILES string of the molecule is Cc1ccc(C(=O)COC(=O)[C@@H]2[C@@H](C(=O)OCC(=O)c3ccc(C)c(C)c3)[C@@H]3C=C[C@@H]2C3)cc1C. The van der Waals surface area contributed by atoms with E-state index in [4.69, 9.17) is 9.47 Å². The highest BCUT2D eigenvalue weighted by Gasteiger charge is 2.53. The Kier molecular flexibility index (Phi) is 7.01. The van der Waals surface area contributed by atoms with Crippen molar-refractivity contribution >= 4 is 23.5 Å². The van der Waals surface area contributed by atoms with Crippen molar-refractivity contribution < 1.29 is 28.7 Å². The summed E-state index contributed by atoms with van der Waals surface area (Å²) in [5, 5.41) is 0. The second-order valence-corrected chi connectivity index (χ2v) is 9.66. The van der Waals surface area contributed by atoms with Gasteiger partial charge in [-0.1, -0.05) is 36.4 Å². The summed E-state index contributed by atoms with van der Waals surface area (Å²) in [5.41, 5.74) is 5.08. The number of carbonyl (C=O) groups excluding carboxylic acids is 4. The quantitative estimate of drug-likeness (QED) is 0.318. The van der Waals surface area contributed by atoms with Gasteiger partial charge in [0.25, 0.3) is 0 Å². The predicted octanol–water partition coefficient (Wildman–Crippen LogP) is 4.51. The van der Waals surface area contributed by atoms with Gasteiger partial charge >= 0.3 is 11.9 Å². The molecule has 0 saturated heterocycles. The van der Waals surface area contributed by atoms with Crippen molar-refractivity contribution in [3.8, 4) is 0 Å². The molecular weight excluding hydrogens is 444 g/mol. The third-order valence-electron chi connectivity index (χ3n) is 7.35. The van der Waals surface area contributed by atoms with Crippen LogP contribution in [0.1, 0.15) is 49.4 Å². The molecule has 0 spiro atoms. The third-order valence-corrected chi connectivity index (χ3v) is 7.35. The summed E-state index contributed by atoms with van der Waals surface area (Å²) < 4.78 is 10.7. The van der Waals surface area contributed by atoms with E-state index < -0.39 is 23.8 Å². The van der Waals surface area contributed by atoms with Crippen LogP contribution in [0.2, 0.25) is 0 Å². The minimum absolute atomic E-state index is 0.141. The van der Waals surface area contributed by atoms with E-state index >= 15 is 0 Å². The molecule has 1 fully saturated rings. The zero-order valence-electron chi connectivity index (χ0n) is 20.5. The average Bonchev–Trinajstić information content (AvgIpc) is 3.46. The molecule has 6 nitrogen and oxygen atoms in total. The van der Waals surface area contributed by atoms with E-state index in [-0.39, 0.29) is 36.6 Å². The summed E-state index contributed by atoms with van der Waals surface area (Å²) in [6.07, 6.45) is 4.49. The number of carbonyl (C=O) groups is 4. The molecule has 2 aliphatic rings. The van der Waals surface area contributed by atoms with Gasteiger partial charge in [0, 0.05) is 11.1 Å². The first kappa shape index (κ1) is 24.6. The highest BCUT2D eigenvalue weighted by Crippen LogP contribution is 2.49. The van der Waals surface area contributed by atoms with Crippen LogP contribution in [0.5, 0.6) is 0 Å². The summed E-state index contributed by atoms with van der Waals surface area (Å²) in [5.74, 6) is -3.47. The van der Waals surface area contributed by atoms with Crippen LogP contribution >= 0.6 is 0 Å². The maximum absolute atomic E-state index is 13.0. The summed E-state index contributed by atoms with van der Waals surface area (Å²) >= 11 is 0. The molecule has 2 aromatic rings. The number of Topliss-reactive ketones (excluding diaryl/α,β-unsaturated/α-hetero) is 2. The molecule has 0 unspecified atom stereocenters. The van der Waals surface area contributed by atoms with Crippen molar-refractivity contribution in [3.63, 3.8) is 0 Å². The first-order valence-electron chi connectivity index (χ1n) is 11.9. The molecule has 0 aromatic heterocycles. The lowest BCUT2D eigenvalue weighted by Gasteiger charge is -2.24. The van der Waals surface area contributed by atoms with E-state index in [1.807, 2.05) is 52.0 Å². The number of hydrogen-bond acceptors (Lipinski definition) is 6. The van der Waals surface area contributed by atoms with Gasteiger partial charge in [0.15, 0.2) is 24.8 Å². The van der Waals surface area contributed by atoms with Gasteiger partial charge in [0.1, 0.15) is 0 Å². The van der Waals surface area contributed by atoms with E-state index in [1.165, 1.54) is 0 Å². The Morgan fingerprint density at radius 1 is 0.657 bits per heavy atom. The van der Waals surface area contributed by atoms with Gasteiger partial charge in [-0.3, -0.25) is 19.2 Å². The maximum Gasteiger partial charge on any atom is 0.310 e. The topological polar surface area (TPSA) is 86.7 Å². The molecule has 4 atom stereocenters. The van der Waals surface area contributed by atoms with Crippen molar-refractivity contribution in [2.75, 3.05) is 13.2 Å². The number of rotatable bonds is 8. The van der Waals surface area contributed by atoms with Crippen molar-refractivity contribution in [2.45, 2.75) is 34.1 Å². The zero-order chi connectivity index (χ0) is 25.3. The number of allylic oxidation sites excluding steroid dienone is 2. The molecule has 0 radical (unpaired) electrons. The lowest BCUT2D eigenvalue weighted by atomic mass is 9.83. The minimum atomic E-state index is -0.721. The van der Waals surface area contributed by atoms with Crippen LogP contribution in [0.3, 0.4) is 0 Å². The van der Waals surface area contributed by atoms with Crippen LogP contribution in [0.4, 0.5) is 0 Å². The molecule has 2 aliphatic carbocycles. The zero-order valence-corrected chi connectivity index (χ0v) is 20.5. The van der Waals surface area contributed by atoms with Crippen molar-refractivity contribution in [3.05, 3.63) is 81.9 Å². The second kappa shape index (κ2) is 9.98. The van der Waals surface area contributed by atoms with Crippen LogP contribution in [-0.2, 0) is 19.1 Å². The standard InChI is InChI=1S/C29H30O6/c1-16-5-7-20(11-18(16)3)24(30)14-34-28(32)26-22-9-10-23(13-22)27(26)29(33)35-15-25(31)21-8-6-17(2)19(4)12-21/h5-12,22-23,26-27H,13-15H2,1-4H3/t22-,23-,26+,27+/m1/s1. The van der Waals surface area contributed by atoms with E-state index in [2.05, 4.69) is 0 Å². The third kappa shape index (κ3) is 5.11. The molecular formula is C29H30O6. The molecule has 0 N–H and O–H groups in total. The Labute approximate surface area is 205 Å². The molecule has 2 bridgehead atoms. The Balaban J connectivity index is 1.37. The first-order valence-corrected chi connectivity index (χ1v) is 11.9. The lowest BCUT2D eigenvalue weighted by molar-refractivity contribution is -0.160. The van der Waals surface area contributed by atoms with E-state index in [0.717, 1.165) is 22.3 Å². The summed E-state index contributed by atoms with van der Waals surface area (Å²) in [6, 6.07) is 10.7. The van der Waals surface area contributed by atoms with Gasteiger partial charge in [-0.05, 0) is 80.3 Å². The van der Waals surface area contributed by atoms with E-state index in [9.17, 15) is 19.2 Å². The monoisotopic (exact) mass is 474 g/mol. The number of ether oxygens (including phenoxy) is 2. The fourth-order valence-electron chi connectivity index (χ4n) is 4.93. The smallest absolute Gasteiger partial charge is 0.310 e. The molecule has 35 heavy (non-hydrogen) atoms. The van der Waals surface area contributed by atoms with Gasteiger partial charge in [-0.2, -0.15) is 0 Å². The van der Waals surface area contributed by atoms with Gasteiger partial charge in [-0.25, -0.2) is 0 Å². The van der Waals surface area contributed by atoms with Crippen molar-refractivity contribution in [1.29, 1.82) is 0 Å². The molecule has 182 valence electrons. The summed E-state index contributed by atoms with van der Waals surface area (Å²) in [6.45, 7) is 6.99. The molecule has 2 aromatic carbocycles. The number of benzene rings is 2.